The molecule has 2 N–H and O–H groups in total. The van der Waals surface area contributed by atoms with Crippen molar-refractivity contribution in [2.75, 3.05) is 5.75 Å². The van der Waals surface area contributed by atoms with Crippen LogP contribution in [0, 0.1) is 0 Å². The lowest BCUT2D eigenvalue weighted by Gasteiger charge is -2.02. The molecule has 20 heavy (non-hydrogen) atoms. The number of nitrogens with two attached hydrogens (primary N) is 1. The molecule has 1 heterocycles. The SMILES string of the molecule is NC(=O)CSCc1cccc2oc3ccc(Cl)cc3c12. The summed E-state index contributed by atoms with van der Waals surface area (Å²) < 4.78 is 5.82. The van der Waals surface area contributed by atoms with E-state index in [1.54, 1.807) is 0 Å². The second kappa shape index (κ2) is 5.38. The molecule has 0 fully saturated rings. The Morgan fingerprint density at radius 3 is 2.90 bits per heavy atom. The van der Waals surface area contributed by atoms with Gasteiger partial charge in [-0.2, -0.15) is 0 Å². The molecule has 0 spiro atoms. The summed E-state index contributed by atoms with van der Waals surface area (Å²) in [6, 6.07) is 11.5. The smallest absolute Gasteiger partial charge is 0.227 e. The molecule has 0 bridgehead atoms. The van der Waals surface area contributed by atoms with Crippen molar-refractivity contribution in [1.82, 2.24) is 0 Å². The molecule has 5 heteroatoms. The van der Waals surface area contributed by atoms with Crippen molar-refractivity contribution in [3.05, 3.63) is 47.0 Å². The molecule has 3 rings (SSSR count). The van der Waals surface area contributed by atoms with Crippen LogP contribution in [-0.4, -0.2) is 11.7 Å². The molecule has 0 atom stereocenters. The number of rotatable bonds is 4. The monoisotopic (exact) mass is 305 g/mol. The van der Waals surface area contributed by atoms with Crippen LogP contribution in [0.5, 0.6) is 0 Å². The zero-order valence-electron chi connectivity index (χ0n) is 10.6. The van der Waals surface area contributed by atoms with Crippen LogP contribution in [0.2, 0.25) is 5.02 Å². The number of fused-ring (bicyclic) bond motifs is 3. The molecule has 0 aliphatic rings. The number of furan rings is 1. The molecule has 1 aromatic heterocycles. The number of hydrogen-bond donors (Lipinski definition) is 1. The Labute approximate surface area is 125 Å². The fraction of sp³-hybridized carbons (Fsp3) is 0.133. The van der Waals surface area contributed by atoms with Gasteiger partial charge in [-0.1, -0.05) is 23.7 Å². The lowest BCUT2D eigenvalue weighted by Crippen LogP contribution is -2.13. The van der Waals surface area contributed by atoms with E-state index < -0.39 is 0 Å². The summed E-state index contributed by atoms with van der Waals surface area (Å²) in [7, 11) is 0. The number of benzene rings is 2. The molecule has 2 aromatic carbocycles. The van der Waals surface area contributed by atoms with Gasteiger partial charge in [0.25, 0.3) is 0 Å². The third kappa shape index (κ3) is 2.49. The van der Waals surface area contributed by atoms with Gasteiger partial charge in [-0.25, -0.2) is 0 Å². The van der Waals surface area contributed by atoms with E-state index in [2.05, 4.69) is 0 Å². The number of amides is 1. The summed E-state index contributed by atoms with van der Waals surface area (Å²) in [6.07, 6.45) is 0. The lowest BCUT2D eigenvalue weighted by molar-refractivity contribution is -0.115. The van der Waals surface area contributed by atoms with Crippen LogP contribution in [0.15, 0.2) is 40.8 Å². The molecule has 1 amide bonds. The van der Waals surface area contributed by atoms with Crippen LogP contribution >= 0.6 is 23.4 Å². The molecule has 3 nitrogen and oxygen atoms in total. The Balaban J connectivity index is 2.09. The van der Waals surface area contributed by atoms with E-state index in [1.807, 2.05) is 36.4 Å². The van der Waals surface area contributed by atoms with Gasteiger partial charge in [0.15, 0.2) is 0 Å². The molecule has 0 aliphatic carbocycles. The van der Waals surface area contributed by atoms with Crippen molar-refractivity contribution < 1.29 is 9.21 Å². The van der Waals surface area contributed by atoms with E-state index in [0.29, 0.717) is 16.5 Å². The quantitative estimate of drug-likeness (QED) is 0.794. The first-order chi connectivity index (χ1) is 9.65. The highest BCUT2D eigenvalue weighted by Crippen LogP contribution is 2.34. The Kier molecular flexibility index (Phi) is 3.59. The number of carbonyl (C=O) groups is 1. The Morgan fingerprint density at radius 1 is 1.25 bits per heavy atom. The molecule has 0 saturated carbocycles. The number of halogens is 1. The third-order valence-electron chi connectivity index (χ3n) is 3.05. The van der Waals surface area contributed by atoms with Gasteiger partial charge >= 0.3 is 0 Å². The molecule has 0 saturated heterocycles. The normalized spacial score (nSPS) is 11.2. The summed E-state index contributed by atoms with van der Waals surface area (Å²) in [5.74, 6) is 0.719. The van der Waals surface area contributed by atoms with E-state index >= 15 is 0 Å². The standard InChI is InChI=1S/C15H12ClNO2S/c16-10-4-5-12-11(6-10)15-9(7-20-8-14(17)18)2-1-3-13(15)19-12/h1-6H,7-8H2,(H2,17,18). The average Bonchev–Trinajstić information content (AvgIpc) is 2.77. The van der Waals surface area contributed by atoms with Gasteiger partial charge in [0.1, 0.15) is 11.2 Å². The minimum atomic E-state index is -0.303. The predicted octanol–water partition coefficient (Wildman–Crippen LogP) is 3.96. The van der Waals surface area contributed by atoms with Crippen LogP contribution in [-0.2, 0) is 10.5 Å². The van der Waals surface area contributed by atoms with Gasteiger partial charge < -0.3 is 10.2 Å². The van der Waals surface area contributed by atoms with E-state index in [4.69, 9.17) is 21.8 Å². The van der Waals surface area contributed by atoms with Gasteiger partial charge in [0, 0.05) is 21.5 Å². The zero-order valence-corrected chi connectivity index (χ0v) is 12.1. The zero-order chi connectivity index (χ0) is 14.1. The van der Waals surface area contributed by atoms with E-state index in [0.717, 1.165) is 27.5 Å². The highest BCUT2D eigenvalue weighted by molar-refractivity contribution is 7.99. The van der Waals surface area contributed by atoms with Gasteiger partial charge in [-0.3, -0.25) is 4.79 Å². The second-order valence-electron chi connectivity index (χ2n) is 4.49. The first-order valence-electron chi connectivity index (χ1n) is 6.11. The highest BCUT2D eigenvalue weighted by atomic mass is 35.5. The maximum Gasteiger partial charge on any atom is 0.227 e. The topological polar surface area (TPSA) is 56.2 Å². The average molecular weight is 306 g/mol. The first kappa shape index (κ1) is 13.3. The summed E-state index contributed by atoms with van der Waals surface area (Å²) in [5.41, 5.74) is 7.93. The van der Waals surface area contributed by atoms with Gasteiger partial charge in [-0.15, -0.1) is 11.8 Å². The van der Waals surface area contributed by atoms with Crippen LogP contribution in [0.4, 0.5) is 0 Å². The lowest BCUT2D eigenvalue weighted by atomic mass is 10.1. The third-order valence-corrected chi connectivity index (χ3v) is 4.28. The van der Waals surface area contributed by atoms with Crippen LogP contribution in [0.25, 0.3) is 21.9 Å². The minimum absolute atomic E-state index is 0.303. The molecule has 0 unspecified atom stereocenters. The van der Waals surface area contributed by atoms with Gasteiger partial charge in [-0.05, 0) is 29.8 Å². The molecule has 3 aromatic rings. The van der Waals surface area contributed by atoms with Crippen molar-refractivity contribution in [3.63, 3.8) is 0 Å². The molecule has 0 radical (unpaired) electrons. The second-order valence-corrected chi connectivity index (χ2v) is 5.91. The fourth-order valence-corrected chi connectivity index (χ4v) is 3.19. The highest BCUT2D eigenvalue weighted by Gasteiger charge is 2.11. The Hall–Kier alpha value is -1.65. The molecule has 102 valence electrons. The van der Waals surface area contributed by atoms with Gasteiger partial charge in [0.05, 0.1) is 5.75 Å². The molecular formula is C15H12ClNO2S. The Morgan fingerprint density at radius 2 is 2.10 bits per heavy atom. The molecule has 0 aliphatic heterocycles. The number of thioether (sulfide) groups is 1. The predicted molar refractivity (Wildman–Crippen MR) is 84.1 cm³/mol. The van der Waals surface area contributed by atoms with Crippen LogP contribution in [0.3, 0.4) is 0 Å². The number of carbonyl (C=O) groups excluding carboxylic acids is 1. The van der Waals surface area contributed by atoms with E-state index in [-0.39, 0.29) is 5.91 Å². The van der Waals surface area contributed by atoms with Crippen molar-refractivity contribution >= 4 is 51.2 Å². The van der Waals surface area contributed by atoms with Crippen LogP contribution < -0.4 is 5.73 Å². The van der Waals surface area contributed by atoms with Crippen molar-refractivity contribution in [2.24, 2.45) is 5.73 Å². The Bertz CT molecular complexity index is 797. The van der Waals surface area contributed by atoms with E-state index in [9.17, 15) is 4.79 Å². The number of hydrogen-bond acceptors (Lipinski definition) is 3. The maximum atomic E-state index is 10.8. The van der Waals surface area contributed by atoms with Crippen molar-refractivity contribution in [3.8, 4) is 0 Å². The van der Waals surface area contributed by atoms with Gasteiger partial charge in [0.2, 0.25) is 5.91 Å². The first-order valence-corrected chi connectivity index (χ1v) is 7.64. The summed E-state index contributed by atoms with van der Waals surface area (Å²) >= 11 is 7.56. The summed E-state index contributed by atoms with van der Waals surface area (Å²) in [6.45, 7) is 0. The number of primary amides is 1. The largest absolute Gasteiger partial charge is 0.456 e. The van der Waals surface area contributed by atoms with E-state index in [1.165, 1.54) is 11.8 Å². The fourth-order valence-electron chi connectivity index (χ4n) is 2.25. The van der Waals surface area contributed by atoms with Crippen molar-refractivity contribution in [2.45, 2.75) is 5.75 Å². The molecular weight excluding hydrogens is 294 g/mol. The maximum absolute atomic E-state index is 10.8. The minimum Gasteiger partial charge on any atom is -0.456 e. The summed E-state index contributed by atoms with van der Waals surface area (Å²) in [4.78, 5) is 10.8. The van der Waals surface area contributed by atoms with Crippen LogP contribution in [0.1, 0.15) is 5.56 Å². The summed E-state index contributed by atoms with van der Waals surface area (Å²) in [5, 5.41) is 2.74. The van der Waals surface area contributed by atoms with Crippen molar-refractivity contribution in [1.29, 1.82) is 0 Å².